The Morgan fingerprint density at radius 2 is 2.27 bits per heavy atom. The highest BCUT2D eigenvalue weighted by molar-refractivity contribution is 5.07. The van der Waals surface area contributed by atoms with Gasteiger partial charge in [-0.2, -0.15) is 0 Å². The zero-order valence-corrected chi connectivity index (χ0v) is 7.33. The molecule has 0 bridgehead atoms. The second-order valence-electron chi connectivity index (χ2n) is 2.99. The number of rotatable bonds is 2. The highest BCUT2D eigenvalue weighted by atomic mass is 15.3. The van der Waals surface area contributed by atoms with Crippen molar-refractivity contribution < 1.29 is 0 Å². The monoisotopic (exact) mass is 153 g/mol. The van der Waals surface area contributed by atoms with Gasteiger partial charge < -0.3 is 5.84 Å². The number of hydrogen-bond donors (Lipinski definition) is 1. The van der Waals surface area contributed by atoms with Crippen molar-refractivity contribution in [2.45, 2.75) is 33.1 Å². The number of nitrogens with two attached hydrogens (primary N) is 1. The fourth-order valence-corrected chi connectivity index (χ4v) is 1.10. The van der Waals surface area contributed by atoms with E-state index in [1.807, 2.05) is 6.20 Å². The van der Waals surface area contributed by atoms with E-state index in [0.29, 0.717) is 5.92 Å². The van der Waals surface area contributed by atoms with Gasteiger partial charge in [-0.3, -0.25) is 4.68 Å². The van der Waals surface area contributed by atoms with Crippen molar-refractivity contribution in [3.8, 4) is 0 Å². The molecule has 0 aliphatic rings. The van der Waals surface area contributed by atoms with Gasteiger partial charge in [0.25, 0.3) is 0 Å². The van der Waals surface area contributed by atoms with Crippen LogP contribution in [0.5, 0.6) is 0 Å². The summed E-state index contributed by atoms with van der Waals surface area (Å²) in [4.78, 5) is 4.22. The molecule has 0 saturated carbocycles. The summed E-state index contributed by atoms with van der Waals surface area (Å²) in [6.07, 6.45) is 2.78. The van der Waals surface area contributed by atoms with Crippen molar-refractivity contribution in [1.29, 1.82) is 0 Å². The molecule has 62 valence electrons. The maximum atomic E-state index is 5.77. The molecule has 11 heavy (non-hydrogen) atoms. The van der Waals surface area contributed by atoms with Gasteiger partial charge in [0.05, 0.1) is 11.9 Å². The molecule has 0 radical (unpaired) electrons. The standard InChI is InChI=1S/C8H15N3/c1-4-7-5-10-8(6(2)3)11(7)9/h5-6H,4,9H2,1-3H3. The molecule has 2 N–H and O–H groups in total. The first-order chi connectivity index (χ1) is 5.16. The van der Waals surface area contributed by atoms with Gasteiger partial charge in [0.2, 0.25) is 0 Å². The van der Waals surface area contributed by atoms with E-state index in [1.165, 1.54) is 0 Å². The van der Waals surface area contributed by atoms with Crippen LogP contribution in [0, 0.1) is 0 Å². The molecule has 3 nitrogen and oxygen atoms in total. The Labute approximate surface area is 67.2 Å². The van der Waals surface area contributed by atoms with E-state index in [2.05, 4.69) is 25.8 Å². The van der Waals surface area contributed by atoms with Crippen LogP contribution in [0.1, 0.15) is 38.2 Å². The van der Waals surface area contributed by atoms with Crippen LogP contribution in [0.4, 0.5) is 0 Å². The minimum absolute atomic E-state index is 0.403. The maximum absolute atomic E-state index is 5.77. The van der Waals surface area contributed by atoms with Crippen LogP contribution in [0.3, 0.4) is 0 Å². The first-order valence-electron chi connectivity index (χ1n) is 3.98. The summed E-state index contributed by atoms with van der Waals surface area (Å²) in [6, 6.07) is 0. The van der Waals surface area contributed by atoms with Gasteiger partial charge in [-0.05, 0) is 6.42 Å². The molecular weight excluding hydrogens is 138 g/mol. The Hall–Kier alpha value is -0.990. The predicted octanol–water partition coefficient (Wildman–Crippen LogP) is 1.28. The van der Waals surface area contributed by atoms with Crippen LogP contribution in [0.25, 0.3) is 0 Å². The van der Waals surface area contributed by atoms with Gasteiger partial charge in [0, 0.05) is 5.92 Å². The van der Waals surface area contributed by atoms with E-state index < -0.39 is 0 Å². The third-order valence-electron chi connectivity index (χ3n) is 1.78. The predicted molar refractivity (Wildman–Crippen MR) is 45.8 cm³/mol. The lowest BCUT2D eigenvalue weighted by atomic mass is 10.2. The highest BCUT2D eigenvalue weighted by Gasteiger charge is 2.08. The first-order valence-corrected chi connectivity index (χ1v) is 3.98. The summed E-state index contributed by atoms with van der Waals surface area (Å²) in [5, 5.41) is 0. The fraction of sp³-hybridized carbons (Fsp3) is 0.625. The first kappa shape index (κ1) is 8.11. The van der Waals surface area contributed by atoms with Crippen molar-refractivity contribution in [2.24, 2.45) is 0 Å². The average Bonchev–Trinajstić information content (AvgIpc) is 2.30. The zero-order valence-electron chi connectivity index (χ0n) is 7.33. The van der Waals surface area contributed by atoms with Crippen molar-refractivity contribution in [3.63, 3.8) is 0 Å². The van der Waals surface area contributed by atoms with Crippen molar-refractivity contribution in [1.82, 2.24) is 9.66 Å². The molecule has 0 fully saturated rings. The van der Waals surface area contributed by atoms with Crippen molar-refractivity contribution in [2.75, 3.05) is 5.84 Å². The molecule has 0 amide bonds. The molecule has 0 aliphatic heterocycles. The smallest absolute Gasteiger partial charge is 0.129 e. The molecule has 3 heteroatoms. The van der Waals surface area contributed by atoms with Crippen LogP contribution in [0.15, 0.2) is 6.20 Å². The van der Waals surface area contributed by atoms with Gasteiger partial charge in [0.1, 0.15) is 5.82 Å². The molecule has 0 spiro atoms. The quantitative estimate of drug-likeness (QED) is 0.650. The van der Waals surface area contributed by atoms with E-state index in [1.54, 1.807) is 4.68 Å². The summed E-state index contributed by atoms with van der Waals surface area (Å²) >= 11 is 0. The van der Waals surface area contributed by atoms with Gasteiger partial charge in [0.15, 0.2) is 0 Å². The summed E-state index contributed by atoms with van der Waals surface area (Å²) in [5.74, 6) is 7.13. The van der Waals surface area contributed by atoms with Crippen LogP contribution >= 0.6 is 0 Å². The Morgan fingerprint density at radius 1 is 1.64 bits per heavy atom. The number of imidazole rings is 1. The lowest BCUT2D eigenvalue weighted by molar-refractivity contribution is 0.719. The molecule has 0 atom stereocenters. The third-order valence-corrected chi connectivity index (χ3v) is 1.78. The second-order valence-corrected chi connectivity index (χ2v) is 2.99. The molecular formula is C8H15N3. The van der Waals surface area contributed by atoms with E-state index in [0.717, 1.165) is 17.9 Å². The largest absolute Gasteiger partial charge is 0.338 e. The zero-order chi connectivity index (χ0) is 8.43. The lowest BCUT2D eigenvalue weighted by Crippen LogP contribution is -2.16. The highest BCUT2D eigenvalue weighted by Crippen LogP contribution is 2.11. The Bertz CT molecular complexity index is 237. The Morgan fingerprint density at radius 3 is 2.55 bits per heavy atom. The normalized spacial score (nSPS) is 10.9. The number of nitrogens with zero attached hydrogens (tertiary/aromatic N) is 2. The number of hydrogen-bond acceptors (Lipinski definition) is 2. The summed E-state index contributed by atoms with van der Waals surface area (Å²) in [5.41, 5.74) is 1.09. The average molecular weight is 153 g/mol. The van der Waals surface area contributed by atoms with Crippen molar-refractivity contribution in [3.05, 3.63) is 17.7 Å². The van der Waals surface area contributed by atoms with Crippen molar-refractivity contribution >= 4 is 0 Å². The van der Waals surface area contributed by atoms with E-state index >= 15 is 0 Å². The summed E-state index contributed by atoms with van der Waals surface area (Å²) in [6.45, 7) is 6.25. The second kappa shape index (κ2) is 2.95. The number of aryl methyl sites for hydroxylation is 1. The number of aromatic nitrogens is 2. The van der Waals surface area contributed by atoms with Crippen LogP contribution < -0.4 is 5.84 Å². The molecule has 1 aromatic rings. The van der Waals surface area contributed by atoms with E-state index in [4.69, 9.17) is 5.84 Å². The molecule has 0 saturated heterocycles. The van der Waals surface area contributed by atoms with Gasteiger partial charge in [-0.15, -0.1) is 0 Å². The number of nitrogen functional groups attached to an aromatic ring is 1. The Kier molecular flexibility index (Phi) is 2.17. The SMILES string of the molecule is CCc1cnc(C(C)C)n1N. The fourth-order valence-electron chi connectivity index (χ4n) is 1.10. The lowest BCUT2D eigenvalue weighted by Gasteiger charge is -2.05. The topological polar surface area (TPSA) is 43.8 Å². The van der Waals surface area contributed by atoms with Crippen LogP contribution in [0.2, 0.25) is 0 Å². The summed E-state index contributed by atoms with van der Waals surface area (Å²) in [7, 11) is 0. The molecule has 0 aromatic carbocycles. The third kappa shape index (κ3) is 1.37. The maximum Gasteiger partial charge on any atom is 0.129 e. The molecule has 0 aliphatic carbocycles. The van der Waals surface area contributed by atoms with Gasteiger partial charge in [-0.1, -0.05) is 20.8 Å². The molecule has 1 rings (SSSR count). The Balaban J connectivity index is 3.00. The van der Waals surface area contributed by atoms with Gasteiger partial charge >= 0.3 is 0 Å². The van der Waals surface area contributed by atoms with E-state index in [9.17, 15) is 0 Å². The minimum Gasteiger partial charge on any atom is -0.338 e. The van der Waals surface area contributed by atoms with Gasteiger partial charge in [-0.25, -0.2) is 4.98 Å². The van der Waals surface area contributed by atoms with E-state index in [-0.39, 0.29) is 0 Å². The van der Waals surface area contributed by atoms with Crippen LogP contribution in [-0.4, -0.2) is 9.66 Å². The molecule has 1 aromatic heterocycles. The molecule has 0 unspecified atom stereocenters. The summed E-state index contributed by atoms with van der Waals surface area (Å²) < 4.78 is 1.69. The van der Waals surface area contributed by atoms with Crippen LogP contribution in [-0.2, 0) is 6.42 Å². The minimum atomic E-state index is 0.403. The molecule has 1 heterocycles.